The molecule has 3 rings (SSSR count). The summed E-state index contributed by atoms with van der Waals surface area (Å²) in [6, 6.07) is 0. The van der Waals surface area contributed by atoms with Crippen molar-refractivity contribution < 1.29 is 0 Å². The first-order chi connectivity index (χ1) is 7.61. The van der Waals surface area contributed by atoms with Gasteiger partial charge in [0.1, 0.15) is 0 Å². The molecule has 2 aliphatic heterocycles. The van der Waals surface area contributed by atoms with Gasteiger partial charge >= 0.3 is 0 Å². The third-order valence-corrected chi connectivity index (χ3v) is 5.19. The molecule has 2 heterocycles. The molecule has 0 radical (unpaired) electrons. The van der Waals surface area contributed by atoms with Gasteiger partial charge in [-0.15, -0.1) is 0 Å². The second-order valence-electron chi connectivity index (χ2n) is 4.54. The molecular formula is C12H14BrClN2. The lowest BCUT2D eigenvalue weighted by Crippen LogP contribution is -2.34. The molecule has 1 N–H and O–H groups in total. The Morgan fingerprint density at radius 2 is 2.12 bits per heavy atom. The molecule has 1 aromatic carbocycles. The minimum Gasteiger partial charge on any atom is -0.351 e. The number of alkyl halides is 1. The summed E-state index contributed by atoms with van der Waals surface area (Å²) in [4.78, 5) is 2.28. The zero-order chi connectivity index (χ0) is 11.4. The number of hydrogen-bond donors (Lipinski definition) is 1. The van der Waals surface area contributed by atoms with E-state index in [2.05, 4.69) is 40.0 Å². The fourth-order valence-electron chi connectivity index (χ4n) is 2.79. The largest absolute Gasteiger partial charge is 0.351 e. The maximum atomic E-state index is 6.33. The quantitative estimate of drug-likeness (QED) is 0.580. The van der Waals surface area contributed by atoms with E-state index in [4.69, 9.17) is 11.6 Å². The van der Waals surface area contributed by atoms with Crippen LogP contribution in [0.5, 0.6) is 0 Å². The number of halogens is 2. The van der Waals surface area contributed by atoms with Crippen LogP contribution in [0.3, 0.4) is 0 Å². The van der Waals surface area contributed by atoms with E-state index in [1.807, 2.05) is 0 Å². The van der Waals surface area contributed by atoms with Crippen LogP contribution in [0.4, 0.5) is 11.4 Å². The van der Waals surface area contributed by atoms with Crippen molar-refractivity contribution in [1.82, 2.24) is 0 Å². The Kier molecular flexibility index (Phi) is 2.37. The summed E-state index contributed by atoms with van der Waals surface area (Å²) in [6.07, 6.45) is 2.35. The standard InChI is InChI=1S/C12H14BrClN2/c1-6-8-4-3-5-16-11(8)10(15-12(16)14)7(2)9(6)13/h12,15H,3-5H2,1-2H3/t12-/m1/s1. The monoisotopic (exact) mass is 300 g/mol. The molecule has 0 bridgehead atoms. The zero-order valence-electron chi connectivity index (χ0n) is 9.40. The van der Waals surface area contributed by atoms with Crippen molar-refractivity contribution in [2.24, 2.45) is 0 Å². The van der Waals surface area contributed by atoms with Crippen molar-refractivity contribution in [3.05, 3.63) is 21.2 Å². The Labute approximate surface area is 109 Å². The molecule has 0 aromatic heterocycles. The summed E-state index contributed by atoms with van der Waals surface area (Å²) in [5.41, 5.74) is 6.56. The second kappa shape index (κ2) is 3.54. The molecule has 1 atom stereocenters. The van der Waals surface area contributed by atoms with Crippen LogP contribution < -0.4 is 10.2 Å². The van der Waals surface area contributed by atoms with Gasteiger partial charge in [-0.1, -0.05) is 27.5 Å². The van der Waals surface area contributed by atoms with Crippen molar-refractivity contribution in [3.63, 3.8) is 0 Å². The molecule has 0 saturated carbocycles. The molecule has 4 heteroatoms. The fourth-order valence-corrected chi connectivity index (χ4v) is 3.53. The summed E-state index contributed by atoms with van der Waals surface area (Å²) in [6.45, 7) is 5.39. The molecule has 86 valence electrons. The van der Waals surface area contributed by atoms with Gasteiger partial charge in [0.05, 0.1) is 11.4 Å². The first-order valence-corrected chi connectivity index (χ1v) is 6.83. The minimum absolute atomic E-state index is 0.0820. The van der Waals surface area contributed by atoms with Gasteiger partial charge in [-0.25, -0.2) is 0 Å². The lowest BCUT2D eigenvalue weighted by Gasteiger charge is -2.29. The van der Waals surface area contributed by atoms with E-state index in [9.17, 15) is 0 Å². The first-order valence-electron chi connectivity index (χ1n) is 5.60. The number of hydrogen-bond acceptors (Lipinski definition) is 2. The lowest BCUT2D eigenvalue weighted by molar-refractivity contribution is 0.707. The van der Waals surface area contributed by atoms with E-state index in [1.165, 1.54) is 39.0 Å². The Balaban J connectivity index is 2.32. The maximum Gasteiger partial charge on any atom is 0.177 e. The molecule has 0 amide bonds. The highest BCUT2D eigenvalue weighted by Crippen LogP contribution is 2.48. The summed E-state index contributed by atoms with van der Waals surface area (Å²) < 4.78 is 1.22. The van der Waals surface area contributed by atoms with Gasteiger partial charge in [0, 0.05) is 11.0 Å². The van der Waals surface area contributed by atoms with Crippen molar-refractivity contribution in [1.29, 1.82) is 0 Å². The number of anilines is 2. The van der Waals surface area contributed by atoms with Crippen LogP contribution in [0.2, 0.25) is 0 Å². The fraction of sp³-hybridized carbons (Fsp3) is 0.500. The average molecular weight is 302 g/mol. The Morgan fingerprint density at radius 1 is 1.38 bits per heavy atom. The highest BCUT2D eigenvalue weighted by Gasteiger charge is 2.34. The predicted molar refractivity (Wildman–Crippen MR) is 72.5 cm³/mol. The SMILES string of the molecule is Cc1c(Br)c(C)c2c3c1CCCN3[C@H](Cl)N2. The number of benzene rings is 1. The summed E-state index contributed by atoms with van der Waals surface area (Å²) in [5.74, 6) is 0. The molecule has 16 heavy (non-hydrogen) atoms. The van der Waals surface area contributed by atoms with Gasteiger partial charge in [-0.2, -0.15) is 0 Å². The van der Waals surface area contributed by atoms with Crippen LogP contribution >= 0.6 is 27.5 Å². The van der Waals surface area contributed by atoms with E-state index in [1.54, 1.807) is 0 Å². The third kappa shape index (κ3) is 1.25. The summed E-state index contributed by atoms with van der Waals surface area (Å²) >= 11 is 10.0. The second-order valence-corrected chi connectivity index (χ2v) is 5.75. The molecule has 0 fully saturated rings. The van der Waals surface area contributed by atoms with Gasteiger partial charge < -0.3 is 10.2 Å². The van der Waals surface area contributed by atoms with Crippen molar-refractivity contribution in [2.45, 2.75) is 32.3 Å². The van der Waals surface area contributed by atoms with E-state index in [0.717, 1.165) is 13.0 Å². The normalized spacial score (nSPS) is 22.0. The molecular weight excluding hydrogens is 288 g/mol. The third-order valence-electron chi connectivity index (χ3n) is 3.66. The van der Waals surface area contributed by atoms with Crippen molar-refractivity contribution >= 4 is 38.9 Å². The molecule has 1 aromatic rings. The molecule has 2 aliphatic rings. The Bertz CT molecular complexity index is 473. The molecule has 2 nitrogen and oxygen atoms in total. The highest BCUT2D eigenvalue weighted by molar-refractivity contribution is 9.10. The first kappa shape index (κ1) is 10.7. The van der Waals surface area contributed by atoms with Crippen LogP contribution in [0.1, 0.15) is 23.1 Å². The van der Waals surface area contributed by atoms with E-state index < -0.39 is 0 Å². The maximum absolute atomic E-state index is 6.33. The van der Waals surface area contributed by atoms with Gasteiger partial charge in [0.25, 0.3) is 0 Å². The number of nitrogens with zero attached hydrogens (tertiary/aromatic N) is 1. The highest BCUT2D eigenvalue weighted by atomic mass is 79.9. The summed E-state index contributed by atoms with van der Waals surface area (Å²) in [5, 5.41) is 3.38. The molecule has 0 unspecified atom stereocenters. The van der Waals surface area contributed by atoms with Gasteiger partial charge in [-0.3, -0.25) is 0 Å². The molecule has 0 saturated heterocycles. The van der Waals surface area contributed by atoms with Crippen LogP contribution in [-0.2, 0) is 6.42 Å². The van der Waals surface area contributed by atoms with Crippen LogP contribution in [0.25, 0.3) is 0 Å². The smallest absolute Gasteiger partial charge is 0.177 e. The predicted octanol–water partition coefficient (Wildman–Crippen LogP) is 3.77. The van der Waals surface area contributed by atoms with Gasteiger partial charge in [0.2, 0.25) is 0 Å². The lowest BCUT2D eigenvalue weighted by atomic mass is 9.94. The summed E-state index contributed by atoms with van der Waals surface area (Å²) in [7, 11) is 0. The van der Waals surface area contributed by atoms with Crippen molar-refractivity contribution in [3.8, 4) is 0 Å². The molecule has 0 aliphatic carbocycles. The number of rotatable bonds is 0. The van der Waals surface area contributed by atoms with E-state index >= 15 is 0 Å². The minimum atomic E-state index is -0.0820. The average Bonchev–Trinajstić information content (AvgIpc) is 2.63. The zero-order valence-corrected chi connectivity index (χ0v) is 11.7. The van der Waals surface area contributed by atoms with Gasteiger partial charge in [0.15, 0.2) is 5.62 Å². The van der Waals surface area contributed by atoms with Crippen LogP contribution in [0.15, 0.2) is 4.47 Å². The van der Waals surface area contributed by atoms with Crippen LogP contribution in [-0.4, -0.2) is 12.2 Å². The Morgan fingerprint density at radius 3 is 2.88 bits per heavy atom. The number of nitrogens with one attached hydrogen (secondary N) is 1. The molecule has 0 spiro atoms. The van der Waals surface area contributed by atoms with Crippen molar-refractivity contribution in [2.75, 3.05) is 16.8 Å². The van der Waals surface area contributed by atoms with E-state index in [0.29, 0.717) is 0 Å². The van der Waals surface area contributed by atoms with Crippen LogP contribution in [0, 0.1) is 13.8 Å². The van der Waals surface area contributed by atoms with Gasteiger partial charge in [-0.05, 0) is 43.4 Å². The topological polar surface area (TPSA) is 15.3 Å². The van der Waals surface area contributed by atoms with E-state index in [-0.39, 0.29) is 5.62 Å². The Hall–Kier alpha value is -0.410.